The molecule has 0 saturated heterocycles. The molecule has 0 unspecified atom stereocenters. The van der Waals surface area contributed by atoms with E-state index < -0.39 is 22.5 Å². The largest absolute Gasteiger partial charge is 0.434 e. The number of carbonyl (C=O) groups is 1. The topological polar surface area (TPSA) is 75.7 Å². The zero-order valence-electron chi connectivity index (χ0n) is 15.7. The second-order valence-corrected chi connectivity index (χ2v) is 8.31. The highest BCUT2D eigenvalue weighted by Gasteiger charge is 2.23. The summed E-state index contributed by atoms with van der Waals surface area (Å²) in [5.41, 5.74) is 0.646. The van der Waals surface area contributed by atoms with Crippen LogP contribution in [-0.4, -0.2) is 38.3 Å². The van der Waals surface area contributed by atoms with E-state index in [2.05, 4.69) is 10.1 Å². The Kier molecular flexibility index (Phi) is 7.09. The second kappa shape index (κ2) is 9.11. The van der Waals surface area contributed by atoms with E-state index >= 15 is 0 Å². The molecule has 1 amide bonds. The number of nitrogens with zero attached hydrogens (tertiary/aromatic N) is 1. The molecule has 0 aliphatic heterocycles. The molecule has 0 saturated carbocycles. The first-order valence-electron chi connectivity index (χ1n) is 8.52. The molecule has 28 heavy (non-hydrogen) atoms. The van der Waals surface area contributed by atoms with Crippen LogP contribution in [0, 0.1) is 0 Å². The number of carbonyl (C=O) groups excluding carboxylic acids is 1. The van der Waals surface area contributed by atoms with Gasteiger partial charge in [0.05, 0.1) is 4.90 Å². The highest BCUT2D eigenvalue weighted by molar-refractivity contribution is 7.89. The fraction of sp³-hybridized carbons (Fsp3) is 0.316. The fourth-order valence-electron chi connectivity index (χ4n) is 2.36. The molecule has 2 aromatic carbocycles. The average molecular weight is 412 g/mol. The first-order valence-corrected chi connectivity index (χ1v) is 9.96. The molecule has 2 aromatic rings. The van der Waals surface area contributed by atoms with E-state index in [0.29, 0.717) is 5.56 Å². The second-order valence-electron chi connectivity index (χ2n) is 6.31. The monoisotopic (exact) mass is 412 g/mol. The number of benzene rings is 2. The maximum Gasteiger partial charge on any atom is 0.387 e. The van der Waals surface area contributed by atoms with Gasteiger partial charge in [-0.15, -0.1) is 0 Å². The van der Waals surface area contributed by atoms with Crippen molar-refractivity contribution in [1.29, 1.82) is 0 Å². The molecular weight excluding hydrogens is 390 g/mol. The highest BCUT2D eigenvalue weighted by atomic mass is 32.2. The van der Waals surface area contributed by atoms with Gasteiger partial charge in [-0.2, -0.15) is 13.1 Å². The van der Waals surface area contributed by atoms with Crippen LogP contribution in [0.2, 0.25) is 0 Å². The SMILES string of the molecule is CC(C)N(C)S(=O)(=O)c1ccc(C(=O)NCc2ccccc2OC(F)F)cc1. The van der Waals surface area contributed by atoms with Gasteiger partial charge in [0, 0.05) is 30.8 Å². The molecule has 0 radical (unpaired) electrons. The molecule has 0 aromatic heterocycles. The van der Waals surface area contributed by atoms with Crippen LogP contribution < -0.4 is 10.1 Å². The van der Waals surface area contributed by atoms with Gasteiger partial charge in [-0.05, 0) is 44.2 Å². The van der Waals surface area contributed by atoms with Crippen LogP contribution >= 0.6 is 0 Å². The van der Waals surface area contributed by atoms with Gasteiger partial charge in [0.2, 0.25) is 10.0 Å². The van der Waals surface area contributed by atoms with E-state index in [0.717, 1.165) is 0 Å². The molecular formula is C19H22F2N2O4S. The molecule has 0 heterocycles. The van der Waals surface area contributed by atoms with Crippen LogP contribution in [0.15, 0.2) is 53.4 Å². The number of alkyl halides is 2. The Bertz CT molecular complexity index is 916. The number of para-hydroxylation sites is 1. The molecule has 6 nitrogen and oxygen atoms in total. The normalized spacial score (nSPS) is 11.9. The van der Waals surface area contributed by atoms with Gasteiger partial charge in [0.25, 0.3) is 5.91 Å². The number of ether oxygens (including phenoxy) is 1. The maximum atomic E-state index is 12.4. The van der Waals surface area contributed by atoms with Gasteiger partial charge in [-0.1, -0.05) is 18.2 Å². The van der Waals surface area contributed by atoms with E-state index in [1.54, 1.807) is 32.0 Å². The zero-order valence-corrected chi connectivity index (χ0v) is 16.5. The van der Waals surface area contributed by atoms with Crippen LogP contribution in [0.4, 0.5) is 8.78 Å². The van der Waals surface area contributed by atoms with Gasteiger partial charge < -0.3 is 10.1 Å². The first-order chi connectivity index (χ1) is 13.1. The Morgan fingerprint density at radius 2 is 1.71 bits per heavy atom. The Hall–Kier alpha value is -2.52. The van der Waals surface area contributed by atoms with Gasteiger partial charge in [0.1, 0.15) is 5.75 Å². The minimum atomic E-state index is -3.64. The number of amides is 1. The van der Waals surface area contributed by atoms with Crippen molar-refractivity contribution in [2.24, 2.45) is 0 Å². The third-order valence-electron chi connectivity index (χ3n) is 4.15. The van der Waals surface area contributed by atoms with E-state index in [4.69, 9.17) is 0 Å². The standard InChI is InChI=1S/C19H22F2N2O4S/c1-13(2)23(3)28(25,26)16-10-8-14(9-11-16)18(24)22-12-15-6-4-5-7-17(15)27-19(20)21/h4-11,13,19H,12H2,1-3H3,(H,22,24). The highest BCUT2D eigenvalue weighted by Crippen LogP contribution is 2.20. The van der Waals surface area contributed by atoms with Crippen LogP contribution in [0.5, 0.6) is 5.75 Å². The lowest BCUT2D eigenvalue weighted by Gasteiger charge is -2.21. The lowest BCUT2D eigenvalue weighted by Crippen LogP contribution is -2.33. The number of rotatable bonds is 8. The third-order valence-corrected chi connectivity index (χ3v) is 6.20. The zero-order chi connectivity index (χ0) is 20.9. The third kappa shape index (κ3) is 5.26. The molecule has 1 N–H and O–H groups in total. The van der Waals surface area contributed by atoms with Crippen molar-refractivity contribution in [3.8, 4) is 5.75 Å². The van der Waals surface area contributed by atoms with E-state index in [1.165, 1.54) is 41.7 Å². The van der Waals surface area contributed by atoms with Crippen LogP contribution in [-0.2, 0) is 16.6 Å². The predicted molar refractivity (Wildman–Crippen MR) is 101 cm³/mol. The van der Waals surface area contributed by atoms with E-state index in [-0.39, 0.29) is 28.8 Å². The Morgan fingerprint density at radius 1 is 1.11 bits per heavy atom. The summed E-state index contributed by atoms with van der Waals surface area (Å²) >= 11 is 0. The van der Waals surface area contributed by atoms with Crippen LogP contribution in [0.1, 0.15) is 29.8 Å². The smallest absolute Gasteiger partial charge is 0.387 e. The van der Waals surface area contributed by atoms with Gasteiger partial charge in [0.15, 0.2) is 0 Å². The molecule has 0 aliphatic carbocycles. The summed E-state index contributed by atoms with van der Waals surface area (Å²) in [7, 11) is -2.15. The Labute approximate surface area is 163 Å². The van der Waals surface area contributed by atoms with Gasteiger partial charge in [-0.3, -0.25) is 4.79 Å². The summed E-state index contributed by atoms with van der Waals surface area (Å²) in [6, 6.07) is 11.5. The van der Waals surface area contributed by atoms with Crippen molar-refractivity contribution >= 4 is 15.9 Å². The summed E-state index contributed by atoms with van der Waals surface area (Å²) in [5.74, 6) is -0.482. The summed E-state index contributed by atoms with van der Waals surface area (Å²) in [4.78, 5) is 12.4. The molecule has 152 valence electrons. The van der Waals surface area contributed by atoms with Gasteiger partial charge in [-0.25, -0.2) is 8.42 Å². The van der Waals surface area contributed by atoms with Crippen LogP contribution in [0.25, 0.3) is 0 Å². The van der Waals surface area contributed by atoms with Crippen molar-refractivity contribution in [1.82, 2.24) is 9.62 Å². The summed E-state index contributed by atoms with van der Waals surface area (Å²) in [6.45, 7) is 0.539. The number of nitrogens with one attached hydrogen (secondary N) is 1. The average Bonchev–Trinajstić information content (AvgIpc) is 2.66. The molecule has 0 spiro atoms. The van der Waals surface area contributed by atoms with Crippen molar-refractivity contribution in [2.75, 3.05) is 7.05 Å². The number of hydrogen-bond donors (Lipinski definition) is 1. The lowest BCUT2D eigenvalue weighted by atomic mass is 10.2. The lowest BCUT2D eigenvalue weighted by molar-refractivity contribution is -0.0504. The molecule has 0 atom stereocenters. The van der Waals surface area contributed by atoms with Crippen molar-refractivity contribution in [2.45, 2.75) is 37.9 Å². The Balaban J connectivity index is 2.09. The number of hydrogen-bond acceptors (Lipinski definition) is 4. The molecule has 0 aliphatic rings. The molecule has 9 heteroatoms. The summed E-state index contributed by atoms with van der Waals surface area (Å²) in [6.07, 6.45) is 0. The minimum Gasteiger partial charge on any atom is -0.434 e. The molecule has 0 bridgehead atoms. The maximum absolute atomic E-state index is 12.4. The molecule has 2 rings (SSSR count). The number of halogens is 2. The molecule has 0 fully saturated rings. The van der Waals surface area contributed by atoms with Gasteiger partial charge >= 0.3 is 6.61 Å². The van der Waals surface area contributed by atoms with Crippen molar-refractivity contribution in [3.05, 3.63) is 59.7 Å². The Morgan fingerprint density at radius 3 is 2.29 bits per heavy atom. The number of sulfonamides is 1. The predicted octanol–water partition coefficient (Wildman–Crippen LogP) is 3.25. The summed E-state index contributed by atoms with van der Waals surface area (Å²) < 4.78 is 55.4. The van der Waals surface area contributed by atoms with E-state index in [1.807, 2.05) is 0 Å². The van der Waals surface area contributed by atoms with E-state index in [9.17, 15) is 22.0 Å². The van der Waals surface area contributed by atoms with Crippen molar-refractivity contribution < 1.29 is 26.7 Å². The first kappa shape index (κ1) is 21.8. The quantitative estimate of drug-likeness (QED) is 0.722. The van der Waals surface area contributed by atoms with Crippen LogP contribution in [0.3, 0.4) is 0 Å². The van der Waals surface area contributed by atoms with Crippen molar-refractivity contribution in [3.63, 3.8) is 0 Å². The minimum absolute atomic E-state index is 0.0160. The summed E-state index contributed by atoms with van der Waals surface area (Å²) in [5, 5.41) is 2.60. The fourth-order valence-corrected chi connectivity index (χ4v) is 3.73.